The molecule has 1 aromatic rings. The summed E-state index contributed by atoms with van der Waals surface area (Å²) in [5.74, 6) is 0. The maximum absolute atomic E-state index is 12.4. The molecule has 1 aliphatic rings. The Bertz CT molecular complexity index is 510. The van der Waals surface area contributed by atoms with Crippen molar-refractivity contribution in [1.29, 1.82) is 0 Å². The molecule has 0 spiro atoms. The largest absolute Gasteiger partial charge is 0.316 e. The second-order valence-electron chi connectivity index (χ2n) is 4.78. The van der Waals surface area contributed by atoms with Crippen LogP contribution in [0.15, 0.2) is 29.2 Å². The third-order valence-electron chi connectivity index (χ3n) is 3.23. The minimum absolute atomic E-state index is 0.356. The Morgan fingerprint density at radius 2 is 1.84 bits per heavy atom. The topological polar surface area (TPSA) is 61.4 Å². The van der Waals surface area contributed by atoms with E-state index in [9.17, 15) is 8.42 Å². The lowest BCUT2D eigenvalue weighted by Gasteiger charge is -2.27. The van der Waals surface area contributed by atoms with Crippen molar-refractivity contribution in [2.75, 3.05) is 20.1 Å². The zero-order valence-electron chi connectivity index (χ0n) is 11.2. The van der Waals surface area contributed by atoms with E-state index >= 15 is 0 Å². The van der Waals surface area contributed by atoms with Gasteiger partial charge in [-0.1, -0.05) is 24.6 Å². The summed E-state index contributed by atoms with van der Waals surface area (Å²) >= 11 is 0. The molecule has 1 heterocycles. The highest BCUT2D eigenvalue weighted by atomic mass is 32.2. The van der Waals surface area contributed by atoms with E-state index in [-0.39, 0.29) is 0 Å². The summed E-state index contributed by atoms with van der Waals surface area (Å²) in [4.78, 5) is 3.04. The number of piperidine rings is 1. The van der Waals surface area contributed by atoms with Crippen molar-refractivity contribution in [1.82, 2.24) is 15.2 Å². The smallest absolute Gasteiger partial charge is 0.253 e. The second-order valence-corrected chi connectivity index (χ2v) is 6.41. The van der Waals surface area contributed by atoms with Gasteiger partial charge in [0.05, 0.1) is 4.90 Å². The molecule has 0 radical (unpaired) electrons. The van der Waals surface area contributed by atoms with Crippen LogP contribution in [0, 0.1) is 0 Å². The van der Waals surface area contributed by atoms with Crippen molar-refractivity contribution < 1.29 is 8.42 Å². The Hall–Kier alpha value is -0.950. The lowest BCUT2D eigenvalue weighted by Crippen LogP contribution is -2.45. The Morgan fingerprint density at radius 3 is 2.53 bits per heavy atom. The standard InChI is InChI=1S/C13H21N3O2S/c1-14-11-12-7-3-4-8-13(12)19(17,18)15-16-9-5-2-6-10-16/h3-4,7-8,14-15H,2,5-6,9-11H2,1H3. The second kappa shape index (κ2) is 6.47. The number of nitrogens with zero attached hydrogens (tertiary/aromatic N) is 1. The average molecular weight is 283 g/mol. The van der Waals surface area contributed by atoms with E-state index in [4.69, 9.17) is 0 Å². The molecule has 1 aliphatic heterocycles. The molecule has 1 aromatic carbocycles. The first kappa shape index (κ1) is 14.5. The van der Waals surface area contributed by atoms with E-state index in [1.54, 1.807) is 17.1 Å². The lowest BCUT2D eigenvalue weighted by molar-refractivity contribution is 0.200. The Morgan fingerprint density at radius 1 is 1.16 bits per heavy atom. The highest BCUT2D eigenvalue weighted by Crippen LogP contribution is 2.16. The maximum Gasteiger partial charge on any atom is 0.253 e. The summed E-state index contributed by atoms with van der Waals surface area (Å²) in [5.41, 5.74) is 0.787. The van der Waals surface area contributed by atoms with Crippen LogP contribution in [0.5, 0.6) is 0 Å². The predicted octanol–water partition coefficient (Wildman–Crippen LogP) is 1.09. The number of sulfonamides is 1. The van der Waals surface area contributed by atoms with Crippen LogP contribution in [-0.4, -0.2) is 33.6 Å². The monoisotopic (exact) mass is 283 g/mol. The van der Waals surface area contributed by atoms with Gasteiger partial charge in [-0.15, -0.1) is 4.83 Å². The Balaban J connectivity index is 2.18. The minimum Gasteiger partial charge on any atom is -0.316 e. The number of hydrogen-bond donors (Lipinski definition) is 2. The average Bonchev–Trinajstić information content (AvgIpc) is 2.40. The van der Waals surface area contributed by atoms with Crippen LogP contribution in [0.1, 0.15) is 24.8 Å². The molecule has 0 aromatic heterocycles. The molecule has 6 heteroatoms. The van der Waals surface area contributed by atoms with Crippen molar-refractivity contribution in [2.45, 2.75) is 30.7 Å². The molecule has 2 rings (SSSR count). The van der Waals surface area contributed by atoms with Crippen LogP contribution in [0.25, 0.3) is 0 Å². The zero-order valence-corrected chi connectivity index (χ0v) is 12.0. The van der Waals surface area contributed by atoms with Crippen molar-refractivity contribution in [3.63, 3.8) is 0 Å². The Labute approximate surface area is 115 Å². The fourth-order valence-electron chi connectivity index (χ4n) is 2.31. The molecule has 0 saturated carbocycles. The molecular weight excluding hydrogens is 262 g/mol. The molecule has 0 aliphatic carbocycles. The van der Waals surface area contributed by atoms with Crippen LogP contribution in [-0.2, 0) is 16.6 Å². The van der Waals surface area contributed by atoms with E-state index in [0.717, 1.165) is 31.5 Å². The number of benzene rings is 1. The molecule has 0 bridgehead atoms. The number of hydrogen-bond acceptors (Lipinski definition) is 4. The first-order valence-corrected chi connectivity index (χ1v) is 8.12. The van der Waals surface area contributed by atoms with Gasteiger partial charge in [0.1, 0.15) is 0 Å². The van der Waals surface area contributed by atoms with E-state index < -0.39 is 10.0 Å². The third-order valence-corrected chi connectivity index (χ3v) is 4.71. The van der Waals surface area contributed by atoms with Crippen molar-refractivity contribution >= 4 is 10.0 Å². The van der Waals surface area contributed by atoms with Crippen LogP contribution >= 0.6 is 0 Å². The van der Waals surface area contributed by atoms with Crippen LogP contribution in [0.3, 0.4) is 0 Å². The van der Waals surface area contributed by atoms with Gasteiger partial charge < -0.3 is 5.32 Å². The molecule has 1 saturated heterocycles. The van der Waals surface area contributed by atoms with Crippen molar-refractivity contribution in [2.24, 2.45) is 0 Å². The maximum atomic E-state index is 12.4. The number of hydrazine groups is 1. The molecular formula is C13H21N3O2S. The van der Waals surface area contributed by atoms with Crippen molar-refractivity contribution in [3.05, 3.63) is 29.8 Å². The molecule has 0 unspecified atom stereocenters. The molecule has 1 fully saturated rings. The molecule has 5 nitrogen and oxygen atoms in total. The number of nitrogens with one attached hydrogen (secondary N) is 2. The van der Waals surface area contributed by atoms with E-state index in [1.807, 2.05) is 19.2 Å². The van der Waals surface area contributed by atoms with E-state index in [0.29, 0.717) is 11.4 Å². The van der Waals surface area contributed by atoms with Gasteiger partial charge in [0.15, 0.2) is 0 Å². The van der Waals surface area contributed by atoms with E-state index in [1.165, 1.54) is 6.42 Å². The summed E-state index contributed by atoms with van der Waals surface area (Å²) < 4.78 is 24.8. The van der Waals surface area contributed by atoms with Gasteiger partial charge in [0, 0.05) is 19.6 Å². The molecule has 2 N–H and O–H groups in total. The van der Waals surface area contributed by atoms with Gasteiger partial charge in [-0.25, -0.2) is 13.4 Å². The van der Waals surface area contributed by atoms with Crippen LogP contribution in [0.4, 0.5) is 0 Å². The molecule has 19 heavy (non-hydrogen) atoms. The Kier molecular flexibility index (Phi) is 4.93. The summed E-state index contributed by atoms with van der Waals surface area (Å²) in [5, 5.41) is 4.79. The van der Waals surface area contributed by atoms with Gasteiger partial charge in [0.25, 0.3) is 10.0 Å². The fraction of sp³-hybridized carbons (Fsp3) is 0.538. The SMILES string of the molecule is CNCc1ccccc1S(=O)(=O)NN1CCCCC1. The highest BCUT2D eigenvalue weighted by molar-refractivity contribution is 7.89. The minimum atomic E-state index is -3.48. The van der Waals surface area contributed by atoms with Gasteiger partial charge in [-0.2, -0.15) is 0 Å². The van der Waals surface area contributed by atoms with Gasteiger partial charge in [-0.05, 0) is 31.5 Å². The summed E-state index contributed by atoms with van der Waals surface area (Å²) in [7, 11) is -1.67. The summed E-state index contributed by atoms with van der Waals surface area (Å²) in [6, 6.07) is 7.09. The first-order valence-electron chi connectivity index (χ1n) is 6.63. The van der Waals surface area contributed by atoms with Gasteiger partial charge in [0.2, 0.25) is 0 Å². The first-order chi connectivity index (χ1) is 9.13. The van der Waals surface area contributed by atoms with Crippen LogP contribution in [0.2, 0.25) is 0 Å². The molecule has 0 amide bonds. The summed E-state index contributed by atoms with van der Waals surface area (Å²) in [6.45, 7) is 2.11. The van der Waals surface area contributed by atoms with Gasteiger partial charge in [-0.3, -0.25) is 0 Å². The zero-order chi connectivity index (χ0) is 13.7. The quantitative estimate of drug-likeness (QED) is 0.849. The van der Waals surface area contributed by atoms with E-state index in [2.05, 4.69) is 10.1 Å². The fourth-order valence-corrected chi connectivity index (χ4v) is 3.67. The number of rotatable bonds is 5. The normalized spacial score (nSPS) is 17.5. The highest BCUT2D eigenvalue weighted by Gasteiger charge is 2.21. The predicted molar refractivity (Wildman–Crippen MR) is 75.0 cm³/mol. The molecule has 0 atom stereocenters. The van der Waals surface area contributed by atoms with Crippen molar-refractivity contribution in [3.8, 4) is 0 Å². The third kappa shape index (κ3) is 3.76. The molecule has 106 valence electrons. The van der Waals surface area contributed by atoms with Gasteiger partial charge >= 0.3 is 0 Å². The summed E-state index contributed by atoms with van der Waals surface area (Å²) in [6.07, 6.45) is 3.26. The lowest BCUT2D eigenvalue weighted by atomic mass is 10.2. The van der Waals surface area contributed by atoms with Crippen LogP contribution < -0.4 is 10.1 Å².